The van der Waals surface area contributed by atoms with Gasteiger partial charge in [-0.2, -0.15) is 0 Å². The molecule has 0 saturated carbocycles. The summed E-state index contributed by atoms with van der Waals surface area (Å²) in [6.07, 6.45) is 1.56. The minimum absolute atomic E-state index is 0.499. The molecule has 0 spiro atoms. The van der Waals surface area contributed by atoms with Crippen LogP contribution in [-0.2, 0) is 12.8 Å². The van der Waals surface area contributed by atoms with Gasteiger partial charge in [0.15, 0.2) is 0 Å². The van der Waals surface area contributed by atoms with Gasteiger partial charge in [-0.25, -0.2) is 0 Å². The molecule has 0 unspecified atom stereocenters. The second-order valence-corrected chi connectivity index (χ2v) is 6.15. The zero-order chi connectivity index (χ0) is 16.1. The van der Waals surface area contributed by atoms with Crippen molar-refractivity contribution in [3.63, 3.8) is 0 Å². The Morgan fingerprint density at radius 3 is 2.73 bits per heavy atom. The average Bonchev–Trinajstić information content (AvgIpc) is 2.53. The van der Waals surface area contributed by atoms with E-state index in [1.54, 1.807) is 14.2 Å². The number of hydrogen-bond acceptors (Lipinski definition) is 2. The minimum atomic E-state index is 0.499. The van der Waals surface area contributed by atoms with Gasteiger partial charge in [0.2, 0.25) is 0 Å². The van der Waals surface area contributed by atoms with Crippen LogP contribution in [0.25, 0.3) is 0 Å². The van der Waals surface area contributed by atoms with E-state index in [0.29, 0.717) is 10.9 Å². The monoisotopic (exact) mass is 380 g/mol. The summed E-state index contributed by atoms with van der Waals surface area (Å²) in [7, 11) is 3.35. The molecule has 0 atom stereocenters. The molecule has 0 radical (unpaired) electrons. The molecule has 116 valence electrons. The molecule has 0 bridgehead atoms. The van der Waals surface area contributed by atoms with Crippen molar-refractivity contribution >= 4 is 33.4 Å². The Kier molecular flexibility index (Phi) is 5.86. The molecule has 0 aromatic heterocycles. The predicted molar refractivity (Wildman–Crippen MR) is 96.2 cm³/mol. The molecule has 2 aromatic carbocycles. The number of ether oxygens (including phenoxy) is 1. The lowest BCUT2D eigenvalue weighted by Crippen LogP contribution is -2.16. The second kappa shape index (κ2) is 7.65. The first kappa shape index (κ1) is 16.8. The molecule has 0 amide bonds. The molecule has 0 aliphatic heterocycles. The number of aliphatic imine (C=N–C) groups is 1. The zero-order valence-corrected chi connectivity index (χ0v) is 14.9. The van der Waals surface area contributed by atoms with Gasteiger partial charge in [0.05, 0.1) is 7.11 Å². The maximum absolute atomic E-state index is 6.35. The van der Waals surface area contributed by atoms with Crippen LogP contribution in [0.2, 0.25) is 5.02 Å². The first-order valence-electron chi connectivity index (χ1n) is 6.89. The van der Waals surface area contributed by atoms with E-state index < -0.39 is 0 Å². The van der Waals surface area contributed by atoms with E-state index in [-0.39, 0.29) is 0 Å². The number of rotatable bonds is 5. The smallest absolute Gasteiger partial charge is 0.125 e. The van der Waals surface area contributed by atoms with Crippen LogP contribution in [0.15, 0.2) is 45.9 Å². The lowest BCUT2D eigenvalue weighted by Gasteiger charge is -2.13. The van der Waals surface area contributed by atoms with Crippen molar-refractivity contribution in [3.05, 3.63) is 62.6 Å². The number of hydrogen-bond donors (Lipinski definition) is 1. The van der Waals surface area contributed by atoms with Gasteiger partial charge in [-0.1, -0.05) is 39.7 Å². The van der Waals surface area contributed by atoms with Crippen molar-refractivity contribution in [3.8, 4) is 5.75 Å². The Labute approximate surface area is 144 Å². The molecule has 0 saturated heterocycles. The van der Waals surface area contributed by atoms with Gasteiger partial charge in [0.25, 0.3) is 0 Å². The van der Waals surface area contributed by atoms with Crippen LogP contribution in [0.3, 0.4) is 0 Å². The van der Waals surface area contributed by atoms with E-state index in [2.05, 4.69) is 27.0 Å². The predicted octanol–water partition coefficient (Wildman–Crippen LogP) is 4.23. The maximum atomic E-state index is 6.35. The molecule has 22 heavy (non-hydrogen) atoms. The van der Waals surface area contributed by atoms with Crippen LogP contribution in [0.1, 0.15) is 16.7 Å². The number of halogens is 2. The van der Waals surface area contributed by atoms with Crippen LogP contribution < -0.4 is 10.5 Å². The van der Waals surface area contributed by atoms with Crippen molar-refractivity contribution in [1.82, 2.24) is 0 Å². The van der Waals surface area contributed by atoms with Crippen LogP contribution in [0.4, 0.5) is 0 Å². The van der Waals surface area contributed by atoms with E-state index in [9.17, 15) is 0 Å². The summed E-state index contributed by atoms with van der Waals surface area (Å²) in [5.74, 6) is 1.37. The summed E-state index contributed by atoms with van der Waals surface area (Å²) in [5, 5.41) is 0.707. The van der Waals surface area contributed by atoms with Crippen LogP contribution in [-0.4, -0.2) is 20.0 Å². The second-order valence-electron chi connectivity index (χ2n) is 4.83. The van der Waals surface area contributed by atoms with Gasteiger partial charge in [0, 0.05) is 22.1 Å². The van der Waals surface area contributed by atoms with Gasteiger partial charge in [-0.3, -0.25) is 4.99 Å². The number of nitrogens with zero attached hydrogens (tertiary/aromatic N) is 1. The van der Waals surface area contributed by atoms with E-state index in [1.165, 1.54) is 0 Å². The van der Waals surface area contributed by atoms with Gasteiger partial charge in [-0.15, -0.1) is 0 Å². The number of aryl methyl sites for hydroxylation is 1. The molecular weight excluding hydrogens is 364 g/mol. The Morgan fingerprint density at radius 2 is 2.05 bits per heavy atom. The van der Waals surface area contributed by atoms with Crippen molar-refractivity contribution < 1.29 is 4.74 Å². The summed E-state index contributed by atoms with van der Waals surface area (Å²) in [5.41, 5.74) is 8.99. The number of methoxy groups -OCH3 is 1. The summed E-state index contributed by atoms with van der Waals surface area (Å²) >= 11 is 9.84. The third-order valence-corrected chi connectivity index (χ3v) is 4.37. The third-order valence-electron chi connectivity index (χ3n) is 3.52. The van der Waals surface area contributed by atoms with Crippen LogP contribution in [0, 0.1) is 0 Å². The molecule has 2 N–H and O–H groups in total. The number of benzene rings is 2. The molecule has 0 aliphatic carbocycles. The molecular formula is C17H18BrClN2O. The Morgan fingerprint density at radius 1 is 1.27 bits per heavy atom. The molecule has 0 fully saturated rings. The fourth-order valence-corrected chi connectivity index (χ4v) is 3.05. The summed E-state index contributed by atoms with van der Waals surface area (Å²) in [4.78, 5) is 4.07. The van der Waals surface area contributed by atoms with Crippen molar-refractivity contribution in [1.29, 1.82) is 0 Å². The fraction of sp³-hybridized carbons (Fsp3) is 0.235. The number of nitrogens with two attached hydrogens (primary N) is 1. The summed E-state index contributed by atoms with van der Waals surface area (Å²) in [6, 6.07) is 11.7. The van der Waals surface area contributed by atoms with Crippen LogP contribution >= 0.6 is 27.5 Å². The number of amidine groups is 1. The highest BCUT2D eigenvalue weighted by molar-refractivity contribution is 9.10. The Balaban J connectivity index is 2.31. The molecule has 3 nitrogen and oxygen atoms in total. The topological polar surface area (TPSA) is 47.6 Å². The van der Waals surface area contributed by atoms with Crippen molar-refractivity contribution in [2.24, 2.45) is 10.7 Å². The fourth-order valence-electron chi connectivity index (χ4n) is 2.38. The van der Waals surface area contributed by atoms with Crippen molar-refractivity contribution in [2.45, 2.75) is 12.8 Å². The SMILES string of the molecule is CN=C(N)c1cccc(Cl)c1CCc1cc(Br)ccc1OC. The lowest BCUT2D eigenvalue weighted by atomic mass is 9.98. The summed E-state index contributed by atoms with van der Waals surface area (Å²) < 4.78 is 6.44. The van der Waals surface area contributed by atoms with Gasteiger partial charge < -0.3 is 10.5 Å². The first-order valence-corrected chi connectivity index (χ1v) is 8.06. The van der Waals surface area contributed by atoms with Crippen LogP contribution in [0.5, 0.6) is 5.75 Å². The maximum Gasteiger partial charge on any atom is 0.125 e. The van der Waals surface area contributed by atoms with E-state index in [0.717, 1.165) is 39.8 Å². The van der Waals surface area contributed by atoms with E-state index >= 15 is 0 Å². The molecule has 5 heteroatoms. The average molecular weight is 382 g/mol. The Hall–Kier alpha value is -1.52. The highest BCUT2D eigenvalue weighted by Gasteiger charge is 2.12. The van der Waals surface area contributed by atoms with E-state index in [1.807, 2.05) is 30.3 Å². The molecule has 2 aromatic rings. The first-order chi connectivity index (χ1) is 10.6. The van der Waals surface area contributed by atoms with Gasteiger partial charge >= 0.3 is 0 Å². The summed E-state index contributed by atoms with van der Waals surface area (Å²) in [6.45, 7) is 0. The zero-order valence-electron chi connectivity index (χ0n) is 12.6. The highest BCUT2D eigenvalue weighted by Crippen LogP contribution is 2.27. The largest absolute Gasteiger partial charge is 0.496 e. The minimum Gasteiger partial charge on any atom is -0.496 e. The normalized spacial score (nSPS) is 11.5. The Bertz CT molecular complexity index is 701. The molecule has 2 rings (SSSR count). The van der Waals surface area contributed by atoms with E-state index in [4.69, 9.17) is 22.1 Å². The third kappa shape index (κ3) is 3.81. The standard InChI is InChI=1S/C17H18BrClN2O/c1-21-17(20)14-4-3-5-15(19)13(14)8-6-11-10-12(18)7-9-16(11)22-2/h3-5,7,9-10H,6,8H2,1-2H3,(H2,20,21). The molecule has 0 aliphatic rings. The molecule has 0 heterocycles. The van der Waals surface area contributed by atoms with Gasteiger partial charge in [0.1, 0.15) is 11.6 Å². The van der Waals surface area contributed by atoms with Gasteiger partial charge in [-0.05, 0) is 48.2 Å². The lowest BCUT2D eigenvalue weighted by molar-refractivity contribution is 0.409. The highest BCUT2D eigenvalue weighted by atomic mass is 79.9. The van der Waals surface area contributed by atoms with Crippen molar-refractivity contribution in [2.75, 3.05) is 14.2 Å². The quantitative estimate of drug-likeness (QED) is 0.622.